The largest absolute Gasteiger partial charge is 0.466 e. The molecule has 1 saturated carbocycles. The molecule has 0 unspecified atom stereocenters. The van der Waals surface area contributed by atoms with E-state index in [1.165, 1.54) is 27.7 Å². The fraction of sp³-hybridized carbons (Fsp3) is 0.765. The van der Waals surface area contributed by atoms with Crippen molar-refractivity contribution in [2.45, 2.75) is 51.9 Å². The maximum atomic E-state index is 11.5. The van der Waals surface area contributed by atoms with Crippen molar-refractivity contribution >= 4 is 23.9 Å². The Morgan fingerprint density at radius 1 is 0.885 bits per heavy atom. The lowest BCUT2D eigenvalue weighted by molar-refractivity contribution is -0.157. The fourth-order valence-corrected chi connectivity index (χ4v) is 3.62. The van der Waals surface area contributed by atoms with Gasteiger partial charge in [-0.15, -0.1) is 0 Å². The van der Waals surface area contributed by atoms with E-state index in [4.69, 9.17) is 23.7 Å². The van der Waals surface area contributed by atoms with Crippen molar-refractivity contribution in [3.63, 3.8) is 0 Å². The highest BCUT2D eigenvalue weighted by atomic mass is 16.7. The first kappa shape index (κ1) is 20.2. The van der Waals surface area contributed by atoms with Crippen LogP contribution in [-0.2, 0) is 42.9 Å². The minimum absolute atomic E-state index is 0.0234. The molecule has 1 aliphatic carbocycles. The molecule has 2 rings (SSSR count). The number of ether oxygens (including phenoxy) is 5. The Hall–Kier alpha value is -2.16. The summed E-state index contributed by atoms with van der Waals surface area (Å²) in [5, 5.41) is 0. The Labute approximate surface area is 151 Å². The summed E-state index contributed by atoms with van der Waals surface area (Å²) in [6.07, 6.45) is -0.668. The molecule has 9 heteroatoms. The van der Waals surface area contributed by atoms with Crippen molar-refractivity contribution < 1.29 is 42.9 Å². The molecule has 1 saturated heterocycles. The van der Waals surface area contributed by atoms with E-state index in [0.29, 0.717) is 6.42 Å². The van der Waals surface area contributed by atoms with E-state index in [-0.39, 0.29) is 31.7 Å². The number of carbonyl (C=O) groups excluding carboxylic acids is 4. The Balaban J connectivity index is 2.19. The molecule has 0 aromatic rings. The van der Waals surface area contributed by atoms with Gasteiger partial charge in [0.05, 0.1) is 13.2 Å². The third-order valence-corrected chi connectivity index (χ3v) is 4.66. The Morgan fingerprint density at radius 3 is 2.04 bits per heavy atom. The van der Waals surface area contributed by atoms with Crippen LogP contribution in [0.2, 0.25) is 0 Å². The van der Waals surface area contributed by atoms with Crippen LogP contribution in [0.15, 0.2) is 0 Å². The van der Waals surface area contributed by atoms with E-state index in [1.807, 2.05) is 0 Å². The van der Waals surface area contributed by atoms with Gasteiger partial charge in [-0.2, -0.15) is 0 Å². The van der Waals surface area contributed by atoms with Gasteiger partial charge in [-0.25, -0.2) is 0 Å². The van der Waals surface area contributed by atoms with Gasteiger partial charge in [0.15, 0.2) is 0 Å². The van der Waals surface area contributed by atoms with Gasteiger partial charge >= 0.3 is 23.9 Å². The summed E-state index contributed by atoms with van der Waals surface area (Å²) in [6.45, 7) is 5.29. The molecule has 2 aliphatic rings. The molecule has 0 amide bonds. The van der Waals surface area contributed by atoms with Gasteiger partial charge < -0.3 is 23.7 Å². The molecule has 0 spiro atoms. The van der Waals surface area contributed by atoms with Crippen LogP contribution in [0.1, 0.15) is 34.1 Å². The fourth-order valence-electron chi connectivity index (χ4n) is 3.62. The second-order valence-corrected chi connectivity index (χ2v) is 6.55. The van der Waals surface area contributed by atoms with Crippen LogP contribution >= 0.6 is 0 Å². The van der Waals surface area contributed by atoms with Crippen molar-refractivity contribution in [1.82, 2.24) is 0 Å². The first-order valence-corrected chi connectivity index (χ1v) is 8.42. The molecule has 0 radical (unpaired) electrons. The maximum absolute atomic E-state index is 11.5. The van der Waals surface area contributed by atoms with Crippen LogP contribution in [0, 0.1) is 11.8 Å². The lowest BCUT2D eigenvalue weighted by Gasteiger charge is -2.29. The zero-order valence-corrected chi connectivity index (χ0v) is 15.3. The smallest absolute Gasteiger partial charge is 0.303 e. The normalized spacial score (nSPS) is 31.5. The number of epoxide rings is 1. The summed E-state index contributed by atoms with van der Waals surface area (Å²) in [5.74, 6) is -2.45. The molecule has 0 N–H and O–H groups in total. The van der Waals surface area contributed by atoms with Crippen LogP contribution in [-0.4, -0.2) is 61.5 Å². The number of hydrogen-bond donors (Lipinski definition) is 0. The molecular formula is C17H24O9. The van der Waals surface area contributed by atoms with Gasteiger partial charge in [0, 0.05) is 39.5 Å². The van der Waals surface area contributed by atoms with E-state index in [1.54, 1.807) is 0 Å². The van der Waals surface area contributed by atoms with Crippen LogP contribution in [0.3, 0.4) is 0 Å². The minimum atomic E-state index is -0.873. The maximum Gasteiger partial charge on any atom is 0.303 e. The predicted molar refractivity (Wildman–Crippen MR) is 84.7 cm³/mol. The topological polar surface area (TPSA) is 118 Å². The second-order valence-electron chi connectivity index (χ2n) is 6.55. The molecule has 1 aliphatic heterocycles. The lowest BCUT2D eigenvalue weighted by Crippen LogP contribution is -2.38. The van der Waals surface area contributed by atoms with Gasteiger partial charge in [0.2, 0.25) is 0 Å². The van der Waals surface area contributed by atoms with E-state index >= 15 is 0 Å². The van der Waals surface area contributed by atoms with Crippen LogP contribution < -0.4 is 0 Å². The molecule has 9 nitrogen and oxygen atoms in total. The number of carbonyl (C=O) groups is 4. The highest BCUT2D eigenvalue weighted by Gasteiger charge is 2.75. The quantitative estimate of drug-likeness (QED) is 0.338. The predicted octanol–water partition coefficient (Wildman–Crippen LogP) is 0.381. The summed E-state index contributed by atoms with van der Waals surface area (Å²) in [6, 6.07) is 0. The SMILES string of the molecule is CC(=O)OCC[C@H]1[C@H](OC(C)=O)[C@@H]2O[C@]2(COC(C)=O)[C@H]1COC(C)=O. The molecule has 146 valence electrons. The van der Waals surface area contributed by atoms with Gasteiger partial charge in [-0.1, -0.05) is 0 Å². The van der Waals surface area contributed by atoms with Gasteiger partial charge in [-0.3, -0.25) is 19.2 Å². The number of esters is 4. The standard InChI is InChI=1S/C17H24O9/c1-9(18)22-6-5-13-14(7-23-10(2)19)17(8-24-11(3)20)16(26-17)15(13)25-12(4)21/h13-16H,5-8H2,1-4H3/t13-,14+,15+,16+,17-/m1/s1. The molecule has 0 bridgehead atoms. The number of rotatable bonds is 8. The van der Waals surface area contributed by atoms with Gasteiger partial charge in [0.25, 0.3) is 0 Å². The third-order valence-electron chi connectivity index (χ3n) is 4.66. The summed E-state index contributed by atoms with van der Waals surface area (Å²) >= 11 is 0. The Morgan fingerprint density at radius 2 is 1.50 bits per heavy atom. The summed E-state index contributed by atoms with van der Waals surface area (Å²) in [4.78, 5) is 45.0. The van der Waals surface area contributed by atoms with Crippen molar-refractivity contribution in [2.75, 3.05) is 19.8 Å². The molecule has 0 aromatic carbocycles. The van der Waals surface area contributed by atoms with Crippen LogP contribution in [0.5, 0.6) is 0 Å². The van der Waals surface area contributed by atoms with E-state index < -0.39 is 41.7 Å². The van der Waals surface area contributed by atoms with Gasteiger partial charge in [0.1, 0.15) is 24.4 Å². The highest BCUT2D eigenvalue weighted by molar-refractivity contribution is 5.67. The summed E-state index contributed by atoms with van der Waals surface area (Å²) < 4.78 is 26.5. The molecule has 1 heterocycles. The average molecular weight is 372 g/mol. The molecule has 0 aromatic heterocycles. The van der Waals surface area contributed by atoms with Crippen molar-refractivity contribution in [3.05, 3.63) is 0 Å². The third kappa shape index (κ3) is 4.51. The molecule has 2 fully saturated rings. The summed E-state index contributed by atoms with van der Waals surface area (Å²) in [5.41, 5.74) is -0.873. The first-order valence-electron chi connectivity index (χ1n) is 8.42. The molecular weight excluding hydrogens is 348 g/mol. The summed E-state index contributed by atoms with van der Waals surface area (Å²) in [7, 11) is 0. The van der Waals surface area contributed by atoms with Crippen molar-refractivity contribution in [1.29, 1.82) is 0 Å². The minimum Gasteiger partial charge on any atom is -0.466 e. The Bertz CT molecular complexity index is 587. The second kappa shape index (κ2) is 8.03. The van der Waals surface area contributed by atoms with Crippen LogP contribution in [0.4, 0.5) is 0 Å². The zero-order valence-electron chi connectivity index (χ0n) is 15.3. The van der Waals surface area contributed by atoms with E-state index in [9.17, 15) is 19.2 Å². The molecule has 26 heavy (non-hydrogen) atoms. The average Bonchev–Trinajstić information content (AvgIpc) is 3.18. The van der Waals surface area contributed by atoms with E-state index in [0.717, 1.165) is 0 Å². The van der Waals surface area contributed by atoms with Crippen molar-refractivity contribution in [2.24, 2.45) is 11.8 Å². The van der Waals surface area contributed by atoms with E-state index in [2.05, 4.69) is 0 Å². The number of fused-ring (bicyclic) bond motifs is 1. The van der Waals surface area contributed by atoms with Crippen LogP contribution in [0.25, 0.3) is 0 Å². The Kier molecular flexibility index (Phi) is 6.22. The highest BCUT2D eigenvalue weighted by Crippen LogP contribution is 2.58. The number of hydrogen-bond acceptors (Lipinski definition) is 9. The first-order chi connectivity index (χ1) is 12.2. The van der Waals surface area contributed by atoms with Gasteiger partial charge in [-0.05, 0) is 6.42 Å². The zero-order chi connectivity index (χ0) is 19.5. The monoisotopic (exact) mass is 372 g/mol. The lowest BCUT2D eigenvalue weighted by atomic mass is 9.86. The van der Waals surface area contributed by atoms with Crippen molar-refractivity contribution in [3.8, 4) is 0 Å². The molecule has 5 atom stereocenters.